The number of pyridine rings is 1. The van der Waals surface area contributed by atoms with E-state index in [-0.39, 0.29) is 12.5 Å². The first kappa shape index (κ1) is 23.3. The lowest BCUT2D eigenvalue weighted by atomic mass is 9.93. The second-order valence-corrected chi connectivity index (χ2v) is 9.23. The number of amides is 1. The van der Waals surface area contributed by atoms with Crippen molar-refractivity contribution in [2.24, 2.45) is 0 Å². The summed E-state index contributed by atoms with van der Waals surface area (Å²) in [5, 5.41) is 27.1. The Kier molecular flexibility index (Phi) is 7.20. The normalized spacial score (nSPS) is 16.7. The van der Waals surface area contributed by atoms with Crippen molar-refractivity contribution in [1.29, 1.82) is 0 Å². The maximum atomic E-state index is 12.6. The fourth-order valence-corrected chi connectivity index (χ4v) is 4.37. The lowest BCUT2D eigenvalue weighted by molar-refractivity contribution is 0.0841. The maximum Gasteiger partial charge on any atom is 0.251 e. The number of aromatic nitrogens is 4. The van der Waals surface area contributed by atoms with Gasteiger partial charge in [-0.25, -0.2) is 4.98 Å². The van der Waals surface area contributed by atoms with E-state index in [0.717, 1.165) is 49.6 Å². The van der Waals surface area contributed by atoms with Gasteiger partial charge in [0.05, 0.1) is 12.3 Å². The van der Waals surface area contributed by atoms with Gasteiger partial charge in [-0.1, -0.05) is 6.07 Å². The molecule has 0 bridgehead atoms. The number of nitrogens with one attached hydrogen (secondary N) is 3. The molecule has 184 valence electrons. The maximum absolute atomic E-state index is 12.6. The van der Waals surface area contributed by atoms with Crippen molar-refractivity contribution in [1.82, 2.24) is 30.6 Å². The van der Waals surface area contributed by atoms with Crippen LogP contribution < -0.4 is 15.4 Å². The molecular weight excluding hydrogens is 446 g/mol. The number of carbonyl (C=O) groups is 1. The Morgan fingerprint density at radius 1 is 1.26 bits per heavy atom. The molecule has 3 heterocycles. The number of fused-ring (bicyclic) bond motifs is 1. The number of aromatic amines is 1. The van der Waals surface area contributed by atoms with Crippen molar-refractivity contribution in [3.63, 3.8) is 0 Å². The number of aliphatic hydroxyl groups is 1. The molecule has 0 spiro atoms. The number of ether oxygens (including phenoxy) is 1. The summed E-state index contributed by atoms with van der Waals surface area (Å²) >= 11 is 0. The molecule has 4 N–H and O–H groups in total. The molecular formula is C25H31N7O3. The van der Waals surface area contributed by atoms with Crippen LogP contribution in [-0.2, 0) is 19.6 Å². The van der Waals surface area contributed by atoms with Crippen LogP contribution in [0.2, 0.25) is 0 Å². The Bertz CT molecular complexity index is 1130. The van der Waals surface area contributed by atoms with E-state index in [1.54, 1.807) is 24.5 Å². The van der Waals surface area contributed by atoms with Crippen molar-refractivity contribution < 1.29 is 14.6 Å². The van der Waals surface area contributed by atoms with Gasteiger partial charge in [0.25, 0.3) is 5.91 Å². The molecule has 1 fully saturated rings. The molecule has 10 heteroatoms. The molecule has 2 aliphatic rings. The molecule has 0 radical (unpaired) electrons. The number of H-pyrrole nitrogens is 1. The van der Waals surface area contributed by atoms with Gasteiger partial charge >= 0.3 is 0 Å². The number of anilines is 1. The highest BCUT2D eigenvalue weighted by molar-refractivity contribution is 5.94. The topological polar surface area (TPSA) is 128 Å². The van der Waals surface area contributed by atoms with E-state index in [1.807, 2.05) is 6.07 Å². The fourth-order valence-electron chi connectivity index (χ4n) is 4.37. The highest BCUT2D eigenvalue weighted by atomic mass is 16.5. The van der Waals surface area contributed by atoms with Crippen molar-refractivity contribution >= 4 is 11.7 Å². The third-order valence-corrected chi connectivity index (χ3v) is 6.57. The second kappa shape index (κ2) is 10.8. The van der Waals surface area contributed by atoms with E-state index in [4.69, 9.17) is 4.74 Å². The van der Waals surface area contributed by atoms with Crippen LogP contribution >= 0.6 is 0 Å². The first-order valence-electron chi connectivity index (χ1n) is 12.1. The van der Waals surface area contributed by atoms with Gasteiger partial charge in [0.15, 0.2) is 0 Å². The quantitative estimate of drug-likeness (QED) is 0.349. The molecule has 1 amide bonds. The number of β-amino-alcohol motifs (C(OH)–C–C–N with tert-alkyl or cyclic N) is 1. The van der Waals surface area contributed by atoms with E-state index in [9.17, 15) is 9.90 Å². The fraction of sp³-hybridized carbons (Fsp3) is 0.440. The monoisotopic (exact) mass is 477 g/mol. The zero-order valence-electron chi connectivity index (χ0n) is 19.6. The molecule has 2 aromatic heterocycles. The molecule has 1 aliphatic heterocycles. The number of carbonyl (C=O) groups excluding carboxylic acids is 1. The number of nitrogens with zero attached hydrogens (tertiary/aromatic N) is 4. The Hall–Kier alpha value is -3.50. The minimum Gasteiger partial charge on any atom is -0.487 e. The molecule has 1 atom stereocenters. The third-order valence-electron chi connectivity index (χ3n) is 6.57. The molecule has 10 nitrogen and oxygen atoms in total. The number of hydrogen-bond donors (Lipinski definition) is 4. The van der Waals surface area contributed by atoms with Crippen LogP contribution in [-0.4, -0.2) is 68.1 Å². The summed E-state index contributed by atoms with van der Waals surface area (Å²) in [6.45, 7) is 2.66. The molecule has 1 saturated carbocycles. The summed E-state index contributed by atoms with van der Waals surface area (Å²) in [7, 11) is 0. The van der Waals surface area contributed by atoms with Gasteiger partial charge in [-0.05, 0) is 61.1 Å². The average molecular weight is 478 g/mol. The van der Waals surface area contributed by atoms with Crippen molar-refractivity contribution in [2.45, 2.75) is 51.0 Å². The summed E-state index contributed by atoms with van der Waals surface area (Å²) in [5.74, 6) is 1.33. The van der Waals surface area contributed by atoms with E-state index >= 15 is 0 Å². The largest absolute Gasteiger partial charge is 0.487 e. The van der Waals surface area contributed by atoms with Gasteiger partial charge in [-0.3, -0.25) is 9.69 Å². The number of aliphatic hydroxyl groups excluding tert-OH is 1. The summed E-state index contributed by atoms with van der Waals surface area (Å²) in [6.07, 6.45) is 7.03. The van der Waals surface area contributed by atoms with E-state index < -0.39 is 6.10 Å². The minimum atomic E-state index is -0.653. The van der Waals surface area contributed by atoms with E-state index in [0.29, 0.717) is 24.8 Å². The van der Waals surface area contributed by atoms with Gasteiger partial charge in [-0.15, -0.1) is 0 Å². The van der Waals surface area contributed by atoms with Crippen LogP contribution in [0.1, 0.15) is 46.4 Å². The van der Waals surface area contributed by atoms with Gasteiger partial charge in [0.2, 0.25) is 0 Å². The molecule has 1 unspecified atom stereocenters. The second-order valence-electron chi connectivity index (χ2n) is 9.23. The Morgan fingerprint density at radius 2 is 2.17 bits per heavy atom. The molecule has 1 aliphatic carbocycles. The highest BCUT2D eigenvalue weighted by Gasteiger charge is 2.21. The Balaban J connectivity index is 1.07. The van der Waals surface area contributed by atoms with E-state index in [2.05, 4.69) is 48.1 Å². The first-order chi connectivity index (χ1) is 17.1. The predicted molar refractivity (Wildman–Crippen MR) is 130 cm³/mol. The van der Waals surface area contributed by atoms with Crippen LogP contribution in [0.4, 0.5) is 5.82 Å². The smallest absolute Gasteiger partial charge is 0.251 e. The lowest BCUT2D eigenvalue weighted by Crippen LogP contribution is -2.42. The van der Waals surface area contributed by atoms with Crippen LogP contribution in [0.5, 0.6) is 5.75 Å². The van der Waals surface area contributed by atoms with Gasteiger partial charge in [0, 0.05) is 44.0 Å². The summed E-state index contributed by atoms with van der Waals surface area (Å²) in [4.78, 5) is 19.1. The average Bonchev–Trinajstić information content (AvgIpc) is 3.37. The zero-order valence-corrected chi connectivity index (χ0v) is 19.6. The lowest BCUT2D eigenvalue weighted by Gasteiger charge is -2.30. The minimum absolute atomic E-state index is 0.199. The highest BCUT2D eigenvalue weighted by Crippen LogP contribution is 2.25. The van der Waals surface area contributed by atoms with Crippen LogP contribution in [0.25, 0.3) is 0 Å². The molecule has 3 aromatic rings. The number of hydrogen-bond acceptors (Lipinski definition) is 8. The van der Waals surface area contributed by atoms with Crippen molar-refractivity contribution in [2.75, 3.05) is 25.0 Å². The van der Waals surface area contributed by atoms with Crippen molar-refractivity contribution in [3.8, 4) is 5.75 Å². The molecule has 1 aromatic carbocycles. The van der Waals surface area contributed by atoms with Gasteiger partial charge < -0.3 is 20.5 Å². The van der Waals surface area contributed by atoms with Crippen molar-refractivity contribution in [3.05, 3.63) is 65.1 Å². The number of benzene rings is 1. The third kappa shape index (κ3) is 6.14. The van der Waals surface area contributed by atoms with E-state index in [1.165, 1.54) is 17.5 Å². The predicted octanol–water partition coefficient (Wildman–Crippen LogP) is 1.89. The Labute approximate surface area is 204 Å². The zero-order chi connectivity index (χ0) is 24.0. The van der Waals surface area contributed by atoms with Crippen LogP contribution in [0, 0.1) is 0 Å². The van der Waals surface area contributed by atoms with Gasteiger partial charge in [-0.2, -0.15) is 15.4 Å². The molecule has 0 saturated heterocycles. The standard InChI is InChI=1S/C25H31N7O3/c33-22(13-27-25(34)18-6-8-26-24(11-18)29-20-2-1-3-20)15-32-9-7-17-10-23(5-4-19(17)14-32)35-16-21-12-28-31-30-21/h4-6,8,10-12,20,22,33H,1-3,7,9,13-16H2,(H,26,29)(H,27,34)(H,28,30,31). The van der Waals surface area contributed by atoms with Crippen LogP contribution in [0.15, 0.2) is 42.7 Å². The number of rotatable bonds is 10. The summed E-state index contributed by atoms with van der Waals surface area (Å²) in [6, 6.07) is 10.0. The SMILES string of the molecule is O=C(NCC(O)CN1CCc2cc(OCc3cn[nH]n3)ccc2C1)c1ccnc(NC2CCC2)c1. The Morgan fingerprint density at radius 3 is 2.97 bits per heavy atom. The summed E-state index contributed by atoms with van der Waals surface area (Å²) in [5.41, 5.74) is 3.78. The molecule has 5 rings (SSSR count). The molecule has 35 heavy (non-hydrogen) atoms. The van der Waals surface area contributed by atoms with Gasteiger partial charge in [0.1, 0.15) is 23.9 Å². The summed E-state index contributed by atoms with van der Waals surface area (Å²) < 4.78 is 5.81. The van der Waals surface area contributed by atoms with Crippen LogP contribution in [0.3, 0.4) is 0 Å². The first-order valence-corrected chi connectivity index (χ1v) is 12.1.